The molecule has 0 amide bonds. The number of aryl methyl sites for hydroxylation is 1. The summed E-state index contributed by atoms with van der Waals surface area (Å²) in [7, 11) is 0. The number of nitriles is 1. The number of hydrogen-bond acceptors (Lipinski definition) is 2. The van der Waals surface area contributed by atoms with E-state index in [4.69, 9.17) is 5.26 Å². The molecule has 0 spiro atoms. The van der Waals surface area contributed by atoms with E-state index in [-0.39, 0.29) is 5.82 Å². The number of rotatable bonds is 3. The van der Waals surface area contributed by atoms with Crippen molar-refractivity contribution in [1.29, 1.82) is 5.26 Å². The molecule has 0 fully saturated rings. The first-order valence-electron chi connectivity index (χ1n) is 5.69. The Balaban J connectivity index is 2.14. The second-order valence-electron chi connectivity index (χ2n) is 4.11. The number of anilines is 1. The molecule has 2 aromatic carbocycles. The maximum absolute atomic E-state index is 13.6. The van der Waals surface area contributed by atoms with Gasteiger partial charge in [0, 0.05) is 6.54 Å². The maximum atomic E-state index is 13.6. The van der Waals surface area contributed by atoms with Crippen LogP contribution in [0.1, 0.15) is 16.7 Å². The summed E-state index contributed by atoms with van der Waals surface area (Å²) in [4.78, 5) is 0. The quantitative estimate of drug-likeness (QED) is 0.889. The topological polar surface area (TPSA) is 35.8 Å². The summed E-state index contributed by atoms with van der Waals surface area (Å²) in [6.07, 6.45) is 0. The third-order valence-electron chi connectivity index (χ3n) is 2.73. The fourth-order valence-corrected chi connectivity index (χ4v) is 1.74. The van der Waals surface area contributed by atoms with Crippen molar-refractivity contribution in [2.75, 3.05) is 5.32 Å². The summed E-state index contributed by atoms with van der Waals surface area (Å²) in [5.74, 6) is -0.274. The summed E-state index contributed by atoms with van der Waals surface area (Å²) in [5, 5.41) is 12.0. The smallest absolute Gasteiger partial charge is 0.146 e. The van der Waals surface area contributed by atoms with Crippen LogP contribution in [0, 0.1) is 24.1 Å². The summed E-state index contributed by atoms with van der Waals surface area (Å²) in [6.45, 7) is 2.28. The zero-order valence-electron chi connectivity index (χ0n) is 10.1. The van der Waals surface area contributed by atoms with Crippen LogP contribution in [0.15, 0.2) is 42.5 Å². The average Bonchev–Trinajstić information content (AvgIpc) is 2.38. The van der Waals surface area contributed by atoms with E-state index in [0.717, 1.165) is 11.1 Å². The van der Waals surface area contributed by atoms with E-state index < -0.39 is 0 Å². The van der Waals surface area contributed by atoms with Crippen molar-refractivity contribution in [1.82, 2.24) is 0 Å². The molecule has 0 heterocycles. The van der Waals surface area contributed by atoms with Gasteiger partial charge in [0.05, 0.1) is 17.3 Å². The molecule has 0 aliphatic rings. The zero-order chi connectivity index (χ0) is 13.0. The fourth-order valence-electron chi connectivity index (χ4n) is 1.74. The van der Waals surface area contributed by atoms with Crippen LogP contribution in [0.5, 0.6) is 0 Å². The Morgan fingerprint density at radius 2 is 2.00 bits per heavy atom. The minimum Gasteiger partial charge on any atom is -0.379 e. The second-order valence-corrected chi connectivity index (χ2v) is 4.11. The van der Waals surface area contributed by atoms with Crippen LogP contribution >= 0.6 is 0 Å². The lowest BCUT2D eigenvalue weighted by Gasteiger charge is -2.09. The van der Waals surface area contributed by atoms with Crippen molar-refractivity contribution < 1.29 is 4.39 Å². The van der Waals surface area contributed by atoms with Crippen LogP contribution < -0.4 is 5.32 Å². The summed E-state index contributed by atoms with van der Waals surface area (Å²) < 4.78 is 13.6. The van der Waals surface area contributed by atoms with Gasteiger partial charge in [0.2, 0.25) is 0 Å². The molecule has 2 aromatic rings. The average molecular weight is 240 g/mol. The fraction of sp³-hybridized carbons (Fsp3) is 0.133. The summed E-state index contributed by atoms with van der Waals surface area (Å²) in [6, 6.07) is 14.5. The molecule has 0 saturated carbocycles. The number of benzene rings is 2. The first-order chi connectivity index (χ1) is 8.70. The van der Waals surface area contributed by atoms with Crippen molar-refractivity contribution in [3.05, 3.63) is 65.0 Å². The molecule has 0 saturated heterocycles. The van der Waals surface area contributed by atoms with Gasteiger partial charge in [-0.1, -0.05) is 24.3 Å². The SMILES string of the molecule is Cc1ccc(NCc2ccccc2C#N)c(F)c1. The standard InChI is InChI=1S/C15H13FN2/c1-11-6-7-15(14(16)8-11)18-10-13-5-3-2-4-12(13)9-17/h2-8,18H,10H2,1H3. The van der Waals surface area contributed by atoms with Crippen LogP contribution in [-0.4, -0.2) is 0 Å². The van der Waals surface area contributed by atoms with Gasteiger partial charge in [0.15, 0.2) is 0 Å². The Bertz CT molecular complexity index is 600. The molecule has 0 atom stereocenters. The Kier molecular flexibility index (Phi) is 3.59. The maximum Gasteiger partial charge on any atom is 0.146 e. The van der Waals surface area contributed by atoms with Gasteiger partial charge < -0.3 is 5.32 Å². The molecule has 90 valence electrons. The summed E-state index contributed by atoms with van der Waals surface area (Å²) >= 11 is 0. The normalized spacial score (nSPS) is 9.83. The van der Waals surface area contributed by atoms with Crippen LogP contribution in [0.4, 0.5) is 10.1 Å². The van der Waals surface area contributed by atoms with Gasteiger partial charge in [0.25, 0.3) is 0 Å². The Morgan fingerprint density at radius 3 is 2.72 bits per heavy atom. The number of hydrogen-bond donors (Lipinski definition) is 1. The Morgan fingerprint density at radius 1 is 1.22 bits per heavy atom. The van der Waals surface area contributed by atoms with Gasteiger partial charge >= 0.3 is 0 Å². The molecule has 18 heavy (non-hydrogen) atoms. The third-order valence-corrected chi connectivity index (χ3v) is 2.73. The highest BCUT2D eigenvalue weighted by molar-refractivity contribution is 5.48. The molecule has 2 nitrogen and oxygen atoms in total. The van der Waals surface area contributed by atoms with Crippen molar-refractivity contribution >= 4 is 5.69 Å². The first kappa shape index (κ1) is 12.1. The molecule has 0 aliphatic carbocycles. The molecule has 0 radical (unpaired) electrons. The largest absolute Gasteiger partial charge is 0.379 e. The molecule has 0 aromatic heterocycles. The van der Waals surface area contributed by atoms with Gasteiger partial charge in [-0.3, -0.25) is 0 Å². The van der Waals surface area contributed by atoms with Crippen LogP contribution in [0.2, 0.25) is 0 Å². The van der Waals surface area contributed by atoms with Crippen LogP contribution in [0.3, 0.4) is 0 Å². The van der Waals surface area contributed by atoms with Gasteiger partial charge in [-0.25, -0.2) is 4.39 Å². The lowest BCUT2D eigenvalue weighted by atomic mass is 10.1. The van der Waals surface area contributed by atoms with Crippen molar-refractivity contribution in [2.45, 2.75) is 13.5 Å². The van der Waals surface area contributed by atoms with E-state index in [1.807, 2.05) is 31.2 Å². The van der Waals surface area contributed by atoms with Crippen molar-refractivity contribution in [2.24, 2.45) is 0 Å². The molecule has 0 aliphatic heterocycles. The Hall–Kier alpha value is -2.34. The third kappa shape index (κ3) is 2.67. The van der Waals surface area contributed by atoms with E-state index >= 15 is 0 Å². The van der Waals surface area contributed by atoms with E-state index in [1.54, 1.807) is 12.1 Å². The minimum atomic E-state index is -0.274. The lowest BCUT2D eigenvalue weighted by Crippen LogP contribution is -2.03. The molecular weight excluding hydrogens is 227 g/mol. The molecule has 3 heteroatoms. The molecular formula is C15H13FN2. The highest BCUT2D eigenvalue weighted by Crippen LogP contribution is 2.17. The molecule has 2 rings (SSSR count). The molecule has 1 N–H and O–H groups in total. The summed E-state index contributed by atoms with van der Waals surface area (Å²) in [5.41, 5.74) is 2.81. The van der Waals surface area contributed by atoms with Gasteiger partial charge in [-0.2, -0.15) is 5.26 Å². The predicted octanol–water partition coefficient (Wildman–Crippen LogP) is 3.62. The predicted molar refractivity (Wildman–Crippen MR) is 69.6 cm³/mol. The highest BCUT2D eigenvalue weighted by Gasteiger charge is 2.04. The highest BCUT2D eigenvalue weighted by atomic mass is 19.1. The van der Waals surface area contributed by atoms with Crippen molar-refractivity contribution in [3.8, 4) is 6.07 Å². The van der Waals surface area contributed by atoms with E-state index in [2.05, 4.69) is 11.4 Å². The van der Waals surface area contributed by atoms with Crippen LogP contribution in [0.25, 0.3) is 0 Å². The van der Waals surface area contributed by atoms with E-state index in [0.29, 0.717) is 17.8 Å². The lowest BCUT2D eigenvalue weighted by molar-refractivity contribution is 0.629. The van der Waals surface area contributed by atoms with Crippen LogP contribution in [-0.2, 0) is 6.54 Å². The molecule has 0 bridgehead atoms. The van der Waals surface area contributed by atoms with E-state index in [1.165, 1.54) is 6.07 Å². The minimum absolute atomic E-state index is 0.274. The van der Waals surface area contributed by atoms with Gasteiger partial charge in [-0.15, -0.1) is 0 Å². The van der Waals surface area contributed by atoms with Gasteiger partial charge in [-0.05, 0) is 36.2 Å². The number of halogens is 1. The molecule has 0 unspecified atom stereocenters. The van der Waals surface area contributed by atoms with E-state index in [9.17, 15) is 4.39 Å². The second kappa shape index (κ2) is 5.33. The zero-order valence-corrected chi connectivity index (χ0v) is 10.1. The number of nitrogens with zero attached hydrogens (tertiary/aromatic N) is 1. The van der Waals surface area contributed by atoms with Gasteiger partial charge in [0.1, 0.15) is 5.82 Å². The first-order valence-corrected chi connectivity index (χ1v) is 5.69. The van der Waals surface area contributed by atoms with Crippen molar-refractivity contribution in [3.63, 3.8) is 0 Å². The number of nitrogens with one attached hydrogen (secondary N) is 1. The Labute approximate surface area is 106 Å². The monoisotopic (exact) mass is 240 g/mol.